The summed E-state index contributed by atoms with van der Waals surface area (Å²) < 4.78 is 0. The van der Waals surface area contributed by atoms with E-state index in [1.807, 2.05) is 6.08 Å². The van der Waals surface area contributed by atoms with Gasteiger partial charge >= 0.3 is 0 Å². The molecule has 0 saturated heterocycles. The quantitative estimate of drug-likeness (QED) is 0.0421. The molecule has 366 valence electrons. The van der Waals surface area contributed by atoms with E-state index in [1.54, 1.807) is 6.08 Å². The minimum absolute atomic E-state index is 0.0728. The summed E-state index contributed by atoms with van der Waals surface area (Å²) in [5.74, 6) is -0.0728. The molecule has 4 heteroatoms. The minimum atomic E-state index is -0.868. The van der Waals surface area contributed by atoms with Crippen LogP contribution in [0.2, 0.25) is 0 Å². The van der Waals surface area contributed by atoms with Crippen LogP contribution in [0.25, 0.3) is 0 Å². The molecule has 3 N–H and O–H groups in total. The molecular weight excluding hydrogens is 759 g/mol. The van der Waals surface area contributed by atoms with E-state index >= 15 is 0 Å². The number of rotatable bonds is 52. The Morgan fingerprint density at radius 2 is 0.629 bits per heavy atom. The van der Waals surface area contributed by atoms with Crippen molar-refractivity contribution in [2.24, 2.45) is 0 Å². The van der Waals surface area contributed by atoms with Crippen LogP contribution in [0.3, 0.4) is 0 Å². The first-order chi connectivity index (χ1) is 30.7. The molecule has 4 nitrogen and oxygen atoms in total. The van der Waals surface area contributed by atoms with Crippen LogP contribution in [-0.2, 0) is 4.79 Å². The zero-order valence-corrected chi connectivity index (χ0v) is 42.2. The maximum atomic E-state index is 12.4. The summed E-state index contributed by atoms with van der Waals surface area (Å²) >= 11 is 0. The predicted octanol–water partition coefficient (Wildman–Crippen LogP) is 18.5. The topological polar surface area (TPSA) is 69.6 Å². The molecule has 0 aromatic carbocycles. The predicted molar refractivity (Wildman–Crippen MR) is 276 cm³/mol. The van der Waals surface area contributed by atoms with Crippen molar-refractivity contribution in [1.82, 2.24) is 5.32 Å². The average Bonchev–Trinajstić information content (AvgIpc) is 3.28. The normalized spacial score (nSPS) is 13.0. The fourth-order valence-electron chi connectivity index (χ4n) is 8.80. The summed E-state index contributed by atoms with van der Waals surface area (Å²) in [7, 11) is 0. The van der Waals surface area contributed by atoms with E-state index in [0.29, 0.717) is 6.42 Å². The Balaban J connectivity index is 3.43. The van der Waals surface area contributed by atoms with Crippen molar-refractivity contribution >= 4 is 5.91 Å². The van der Waals surface area contributed by atoms with Crippen molar-refractivity contribution in [2.45, 2.75) is 321 Å². The molecule has 1 amide bonds. The van der Waals surface area contributed by atoms with Gasteiger partial charge in [0.25, 0.3) is 0 Å². The maximum absolute atomic E-state index is 12.4. The van der Waals surface area contributed by atoms with Gasteiger partial charge < -0.3 is 15.5 Å². The molecule has 0 saturated carbocycles. The Morgan fingerprint density at radius 3 is 0.935 bits per heavy atom. The van der Waals surface area contributed by atoms with Crippen LogP contribution in [0.4, 0.5) is 0 Å². The van der Waals surface area contributed by atoms with Crippen molar-refractivity contribution in [3.8, 4) is 0 Å². The number of carbonyl (C=O) groups is 1. The number of aliphatic hydroxyl groups excluding tert-OH is 2. The summed E-state index contributed by atoms with van der Waals surface area (Å²) in [6.45, 7) is 4.31. The van der Waals surface area contributed by atoms with E-state index in [0.717, 1.165) is 38.5 Å². The van der Waals surface area contributed by atoms with E-state index < -0.39 is 12.1 Å². The number of unbranched alkanes of at least 4 members (excludes halogenated alkanes) is 41. The molecule has 0 aliphatic carbocycles. The third kappa shape index (κ3) is 49.6. The second-order valence-corrected chi connectivity index (χ2v) is 19.3. The van der Waals surface area contributed by atoms with Crippen LogP contribution in [0, 0.1) is 0 Å². The third-order valence-electron chi connectivity index (χ3n) is 13.1. The monoisotopic (exact) mass is 870 g/mol. The van der Waals surface area contributed by atoms with Crippen LogP contribution >= 0.6 is 0 Å². The highest BCUT2D eigenvalue weighted by atomic mass is 16.3. The molecule has 0 radical (unpaired) electrons. The number of carbonyl (C=O) groups excluding carboxylic acids is 1. The molecule has 0 heterocycles. The van der Waals surface area contributed by atoms with Crippen molar-refractivity contribution in [1.29, 1.82) is 0 Å². The Morgan fingerprint density at radius 1 is 0.371 bits per heavy atom. The van der Waals surface area contributed by atoms with Crippen molar-refractivity contribution in [2.75, 3.05) is 6.61 Å². The van der Waals surface area contributed by atoms with Gasteiger partial charge in [-0.15, -0.1) is 0 Å². The second kappa shape index (κ2) is 53.9. The molecule has 0 aliphatic rings. The molecular formula is C58H111NO3. The van der Waals surface area contributed by atoms with Gasteiger partial charge in [0.05, 0.1) is 18.8 Å². The van der Waals surface area contributed by atoms with E-state index in [4.69, 9.17) is 0 Å². The number of hydrogen-bond acceptors (Lipinski definition) is 3. The second-order valence-electron chi connectivity index (χ2n) is 19.3. The van der Waals surface area contributed by atoms with Crippen LogP contribution in [-0.4, -0.2) is 34.9 Å². The molecule has 0 fully saturated rings. The lowest BCUT2D eigenvalue weighted by Crippen LogP contribution is -2.45. The smallest absolute Gasteiger partial charge is 0.220 e. The zero-order valence-electron chi connectivity index (χ0n) is 42.2. The lowest BCUT2D eigenvalue weighted by atomic mass is 10.0. The lowest BCUT2D eigenvalue weighted by molar-refractivity contribution is -0.123. The SMILES string of the molecule is CCCCCCCC/C=C/CC/C=C/CC/C=C/C(O)C(CO)NC(=O)CCCCCCCCCCCCCCCCCCCCCCCCCCCCCCCCCCCC. The van der Waals surface area contributed by atoms with Crippen LogP contribution in [0.5, 0.6) is 0 Å². The van der Waals surface area contributed by atoms with E-state index in [1.165, 1.54) is 250 Å². The summed E-state index contributed by atoms with van der Waals surface area (Å²) in [5.41, 5.74) is 0. The Labute approximate surface area is 389 Å². The Bertz CT molecular complexity index is 943. The first-order valence-corrected chi connectivity index (χ1v) is 28.2. The standard InChI is InChI=1S/C58H111NO3/c1-3-5-7-9-11-13-15-17-19-21-22-23-24-25-26-27-28-29-30-31-32-33-34-35-36-37-38-40-42-44-46-48-50-52-54-58(62)59-56(55-60)57(61)53-51-49-47-45-43-41-39-20-18-16-14-12-10-8-6-4-2/h18,20,43,45,51,53,56-57,60-61H,3-17,19,21-42,44,46-50,52,54-55H2,1-2H3,(H,59,62)/b20-18+,45-43+,53-51+. The first-order valence-electron chi connectivity index (χ1n) is 28.2. The zero-order chi connectivity index (χ0) is 44.9. The first kappa shape index (κ1) is 60.6. The molecule has 0 rings (SSSR count). The van der Waals surface area contributed by atoms with Gasteiger partial charge in [0.15, 0.2) is 0 Å². The van der Waals surface area contributed by atoms with Crippen molar-refractivity contribution in [3.05, 3.63) is 36.5 Å². The summed E-state index contributed by atoms with van der Waals surface area (Å²) in [5, 5.41) is 23.1. The fourth-order valence-corrected chi connectivity index (χ4v) is 8.80. The van der Waals surface area contributed by atoms with Gasteiger partial charge in [-0.3, -0.25) is 4.79 Å². The van der Waals surface area contributed by atoms with Gasteiger partial charge in [0, 0.05) is 6.42 Å². The molecule has 62 heavy (non-hydrogen) atoms. The summed E-state index contributed by atoms with van der Waals surface area (Å²) in [6.07, 6.45) is 73.2. The maximum Gasteiger partial charge on any atom is 0.220 e. The van der Waals surface area contributed by atoms with Gasteiger partial charge in [-0.05, 0) is 44.9 Å². The van der Waals surface area contributed by atoms with Crippen molar-refractivity contribution < 1.29 is 15.0 Å². The fraction of sp³-hybridized carbons (Fsp3) is 0.879. The Hall–Kier alpha value is -1.39. The average molecular weight is 871 g/mol. The summed E-state index contributed by atoms with van der Waals surface area (Å²) in [4.78, 5) is 12.4. The minimum Gasteiger partial charge on any atom is -0.394 e. The number of allylic oxidation sites excluding steroid dienone is 5. The van der Waals surface area contributed by atoms with Crippen molar-refractivity contribution in [3.63, 3.8) is 0 Å². The van der Waals surface area contributed by atoms with Gasteiger partial charge in [0.2, 0.25) is 5.91 Å². The summed E-state index contributed by atoms with van der Waals surface area (Å²) in [6, 6.07) is -0.643. The molecule has 2 unspecified atom stereocenters. The largest absolute Gasteiger partial charge is 0.394 e. The number of aliphatic hydroxyl groups is 2. The molecule has 0 aliphatic heterocycles. The molecule has 0 aromatic heterocycles. The number of nitrogens with one attached hydrogen (secondary N) is 1. The molecule has 0 bridgehead atoms. The number of amides is 1. The molecule has 0 spiro atoms. The van der Waals surface area contributed by atoms with Gasteiger partial charge in [-0.2, -0.15) is 0 Å². The lowest BCUT2D eigenvalue weighted by Gasteiger charge is -2.19. The van der Waals surface area contributed by atoms with E-state index in [9.17, 15) is 15.0 Å². The highest BCUT2D eigenvalue weighted by Gasteiger charge is 2.18. The molecule has 2 atom stereocenters. The highest BCUT2D eigenvalue weighted by molar-refractivity contribution is 5.76. The highest BCUT2D eigenvalue weighted by Crippen LogP contribution is 2.18. The van der Waals surface area contributed by atoms with Gasteiger partial charge in [-0.1, -0.05) is 294 Å². The van der Waals surface area contributed by atoms with Crippen LogP contribution in [0.1, 0.15) is 309 Å². The van der Waals surface area contributed by atoms with Gasteiger partial charge in [-0.25, -0.2) is 0 Å². The Kier molecular flexibility index (Phi) is 52.7. The van der Waals surface area contributed by atoms with Gasteiger partial charge in [0.1, 0.15) is 0 Å². The van der Waals surface area contributed by atoms with Crippen LogP contribution in [0.15, 0.2) is 36.5 Å². The number of hydrogen-bond donors (Lipinski definition) is 3. The molecule has 0 aromatic rings. The van der Waals surface area contributed by atoms with E-state index in [2.05, 4.69) is 43.5 Å². The van der Waals surface area contributed by atoms with Crippen LogP contribution < -0.4 is 5.32 Å². The third-order valence-corrected chi connectivity index (χ3v) is 13.1. The van der Waals surface area contributed by atoms with E-state index in [-0.39, 0.29) is 12.5 Å².